The van der Waals surface area contributed by atoms with Gasteiger partial charge in [-0.2, -0.15) is 0 Å². The number of hydrogen-bond donors (Lipinski definition) is 2. The van der Waals surface area contributed by atoms with Gasteiger partial charge in [0.25, 0.3) is 0 Å². The van der Waals surface area contributed by atoms with Gasteiger partial charge in [0.1, 0.15) is 12.7 Å². The van der Waals surface area contributed by atoms with E-state index < -0.39 is 57.8 Å². The van der Waals surface area contributed by atoms with E-state index in [-0.39, 0.29) is 25.9 Å². The summed E-state index contributed by atoms with van der Waals surface area (Å²) in [6, 6.07) is 0. The minimum Gasteiger partial charge on any atom is -0.462 e. The van der Waals surface area contributed by atoms with E-state index in [1.165, 1.54) is 57.8 Å². The zero-order valence-electron chi connectivity index (χ0n) is 49.1. The van der Waals surface area contributed by atoms with Gasteiger partial charge in [0, 0.05) is 19.3 Å². The highest BCUT2D eigenvalue weighted by molar-refractivity contribution is 7.47. The highest BCUT2D eigenvalue weighted by Gasteiger charge is 2.28. The molecule has 0 amide bonds. The smallest absolute Gasteiger partial charge is 0.462 e. The Morgan fingerprint density at radius 3 is 1.10 bits per heavy atom. The molecular weight excluding hydrogens is 1000 g/mol. The summed E-state index contributed by atoms with van der Waals surface area (Å²) < 4.78 is 39.5. The van der Waals surface area contributed by atoms with Gasteiger partial charge in [-0.3, -0.25) is 23.4 Å². The number of aliphatic hydroxyl groups excluding tert-OH is 1. The van der Waals surface area contributed by atoms with Crippen molar-refractivity contribution >= 4 is 25.7 Å². The lowest BCUT2D eigenvalue weighted by atomic mass is 10.0. The van der Waals surface area contributed by atoms with Crippen LogP contribution in [0.4, 0.5) is 0 Å². The van der Waals surface area contributed by atoms with E-state index in [2.05, 4.69) is 130 Å². The van der Waals surface area contributed by atoms with Gasteiger partial charge in [0.15, 0.2) is 6.10 Å². The first-order chi connectivity index (χ1) is 38.2. The molecule has 0 aliphatic carbocycles. The molecule has 0 aromatic heterocycles. The van der Waals surface area contributed by atoms with Crippen LogP contribution in [-0.2, 0) is 42.2 Å². The molecule has 0 saturated carbocycles. The van der Waals surface area contributed by atoms with E-state index in [0.29, 0.717) is 25.7 Å². The fourth-order valence-electron chi connectivity index (χ4n) is 7.84. The average Bonchev–Trinajstić information content (AvgIpc) is 3.43. The molecule has 0 rings (SSSR count). The molecule has 2 N–H and O–H groups in total. The van der Waals surface area contributed by atoms with Crippen LogP contribution < -0.4 is 0 Å². The third-order valence-electron chi connectivity index (χ3n) is 12.4. The lowest BCUT2D eigenvalue weighted by molar-refractivity contribution is -0.161. The van der Waals surface area contributed by atoms with Crippen LogP contribution in [0.25, 0.3) is 0 Å². The molecule has 0 saturated heterocycles. The van der Waals surface area contributed by atoms with Crippen molar-refractivity contribution in [2.75, 3.05) is 26.4 Å². The van der Waals surface area contributed by atoms with Crippen LogP contribution in [0.1, 0.15) is 239 Å². The van der Waals surface area contributed by atoms with Crippen LogP contribution in [0.2, 0.25) is 0 Å². The van der Waals surface area contributed by atoms with Crippen molar-refractivity contribution in [1.29, 1.82) is 0 Å². The van der Waals surface area contributed by atoms with Crippen molar-refractivity contribution in [3.63, 3.8) is 0 Å². The minimum atomic E-state index is -4.78. The Bertz CT molecular complexity index is 1770. The molecule has 12 heteroatoms. The first-order valence-electron chi connectivity index (χ1n) is 30.4. The Hall–Kier alpha value is -4.12. The zero-order valence-corrected chi connectivity index (χ0v) is 50.0. The number of esters is 3. The van der Waals surface area contributed by atoms with Gasteiger partial charge < -0.3 is 24.2 Å². The SMILES string of the molecule is CC/C=C\C/C=C\C/C=C\C/C=C\C/C=C\C/C=C\CCC(=O)OC(COC(=O)CCCCCCCCCCCCCCC)COP(=O)(O)OCC(CO)OC(=O)CCCCCCCC/C=C\C/C=C\C/C=C\C/C=C\CC. The highest BCUT2D eigenvalue weighted by Crippen LogP contribution is 2.43. The Balaban J connectivity index is 4.80. The summed E-state index contributed by atoms with van der Waals surface area (Å²) in [7, 11) is -4.78. The van der Waals surface area contributed by atoms with Crippen molar-refractivity contribution in [1.82, 2.24) is 0 Å². The van der Waals surface area contributed by atoms with E-state index in [0.717, 1.165) is 116 Å². The molecule has 78 heavy (non-hydrogen) atoms. The van der Waals surface area contributed by atoms with Crippen molar-refractivity contribution < 1.29 is 52.2 Å². The molecule has 444 valence electrons. The maximum Gasteiger partial charge on any atom is 0.472 e. The lowest BCUT2D eigenvalue weighted by Gasteiger charge is -2.21. The Morgan fingerprint density at radius 1 is 0.372 bits per heavy atom. The topological polar surface area (TPSA) is 155 Å². The van der Waals surface area contributed by atoms with Crippen LogP contribution in [0, 0.1) is 0 Å². The summed E-state index contributed by atoms with van der Waals surface area (Å²) in [5, 5.41) is 9.84. The van der Waals surface area contributed by atoms with E-state index >= 15 is 0 Å². The number of allylic oxidation sites excluding steroid dienone is 20. The van der Waals surface area contributed by atoms with Gasteiger partial charge in [0.2, 0.25) is 0 Å². The summed E-state index contributed by atoms with van der Waals surface area (Å²) >= 11 is 0. The maximum absolute atomic E-state index is 12.9. The number of phosphoric ester groups is 1. The molecule has 0 radical (unpaired) electrons. The average molecular weight is 1110 g/mol. The number of rotatable bonds is 55. The molecule has 0 aliphatic heterocycles. The number of aliphatic hydroxyl groups is 1. The third-order valence-corrected chi connectivity index (χ3v) is 13.3. The van der Waals surface area contributed by atoms with Gasteiger partial charge in [-0.25, -0.2) is 4.57 Å². The summed E-state index contributed by atoms with van der Waals surface area (Å²) in [6.07, 6.45) is 73.1. The molecule has 0 bridgehead atoms. The van der Waals surface area contributed by atoms with E-state index in [1.54, 1.807) is 0 Å². The van der Waals surface area contributed by atoms with Gasteiger partial charge in [-0.05, 0) is 96.3 Å². The predicted molar refractivity (Wildman–Crippen MR) is 325 cm³/mol. The monoisotopic (exact) mass is 1110 g/mol. The lowest BCUT2D eigenvalue weighted by Crippen LogP contribution is -2.30. The van der Waals surface area contributed by atoms with E-state index in [1.807, 2.05) is 12.2 Å². The summed E-state index contributed by atoms with van der Waals surface area (Å²) in [4.78, 5) is 48.6. The maximum atomic E-state index is 12.9. The van der Waals surface area contributed by atoms with Crippen LogP contribution >= 0.6 is 7.82 Å². The number of ether oxygens (including phenoxy) is 3. The molecule has 0 aromatic carbocycles. The number of phosphoric acid groups is 1. The molecule has 3 atom stereocenters. The van der Waals surface area contributed by atoms with E-state index in [4.69, 9.17) is 23.3 Å². The van der Waals surface area contributed by atoms with Gasteiger partial charge in [0.05, 0.1) is 19.8 Å². The normalized spacial score (nSPS) is 14.2. The van der Waals surface area contributed by atoms with Crippen LogP contribution in [-0.4, -0.2) is 66.5 Å². The van der Waals surface area contributed by atoms with Crippen molar-refractivity contribution in [3.8, 4) is 0 Å². The van der Waals surface area contributed by atoms with Crippen LogP contribution in [0.15, 0.2) is 122 Å². The number of unbranched alkanes of at least 4 members (excludes halogenated alkanes) is 18. The van der Waals surface area contributed by atoms with Gasteiger partial charge in [-0.1, -0.05) is 245 Å². The number of carbonyl (C=O) groups excluding carboxylic acids is 3. The van der Waals surface area contributed by atoms with Crippen molar-refractivity contribution in [2.24, 2.45) is 0 Å². The molecule has 3 unspecified atom stereocenters. The number of hydrogen-bond acceptors (Lipinski definition) is 10. The second kappa shape index (κ2) is 59.0. The minimum absolute atomic E-state index is 0.0374. The van der Waals surface area contributed by atoms with Crippen LogP contribution in [0.3, 0.4) is 0 Å². The molecule has 0 spiro atoms. The summed E-state index contributed by atoms with van der Waals surface area (Å²) in [5.41, 5.74) is 0. The molecule has 0 aromatic rings. The Labute approximate surface area is 475 Å². The van der Waals surface area contributed by atoms with Crippen LogP contribution in [0.5, 0.6) is 0 Å². The molecule has 0 aliphatic rings. The van der Waals surface area contributed by atoms with E-state index in [9.17, 15) is 28.9 Å². The first-order valence-corrected chi connectivity index (χ1v) is 31.9. The molecule has 0 heterocycles. The molecule has 11 nitrogen and oxygen atoms in total. The predicted octanol–water partition coefficient (Wildman–Crippen LogP) is 18.4. The molecular formula is C66H109O11P. The van der Waals surface area contributed by atoms with Gasteiger partial charge in [-0.15, -0.1) is 0 Å². The highest BCUT2D eigenvalue weighted by atomic mass is 31.2. The van der Waals surface area contributed by atoms with Crippen molar-refractivity contribution in [3.05, 3.63) is 122 Å². The second-order valence-corrected chi connectivity index (χ2v) is 21.2. The fourth-order valence-corrected chi connectivity index (χ4v) is 8.63. The number of carbonyl (C=O) groups is 3. The Morgan fingerprint density at radius 2 is 0.692 bits per heavy atom. The molecule has 0 fully saturated rings. The summed E-state index contributed by atoms with van der Waals surface area (Å²) in [6.45, 7) is 4.32. The summed E-state index contributed by atoms with van der Waals surface area (Å²) in [5.74, 6) is -1.58. The van der Waals surface area contributed by atoms with Gasteiger partial charge >= 0.3 is 25.7 Å². The largest absolute Gasteiger partial charge is 0.472 e. The first kappa shape index (κ1) is 73.9. The van der Waals surface area contributed by atoms with Crippen molar-refractivity contribution in [2.45, 2.75) is 251 Å². The standard InChI is InChI=1S/C66H109O11P/c1-4-7-10-13-16-19-22-25-27-29-31-33-35-38-41-44-47-50-53-56-65(69)76-62(58-67)60-74-78(71,72)75-61-63(59-73-64(68)55-52-49-46-43-40-37-24-21-18-15-12-9-6-3)77-66(70)57-54-51-48-45-42-39-36-34-32-30-28-26-23-20-17-14-11-8-5-2/h7-8,10-11,16-17,19-20,25-28,31-34,39,42,48,51,62-63,67H,4-6,9,12-15,18,21-24,29-30,35-38,40-41,43-47,49-50,52-61H2,1-3H3,(H,71,72)/b10-7-,11-8-,19-16-,20-17-,27-25-,28-26-,33-31-,34-32-,42-39-,51-48-. The second-order valence-electron chi connectivity index (χ2n) is 19.8. The quantitative estimate of drug-likeness (QED) is 0.0197. The zero-order chi connectivity index (χ0) is 56.9. The third kappa shape index (κ3) is 56.6. The fraction of sp³-hybridized carbons (Fsp3) is 0.652. The Kier molecular flexibility index (Phi) is 55.9.